The van der Waals surface area contributed by atoms with Crippen LogP contribution in [-0.2, 0) is 37.3 Å². The smallest absolute Gasteiger partial charge is 0.136 e. The number of rotatable bonds is 2. The molecule has 5 nitrogen and oxygen atoms in total. The van der Waals surface area contributed by atoms with Crippen LogP contribution < -0.4 is 0 Å². The summed E-state index contributed by atoms with van der Waals surface area (Å²) in [6, 6.07) is 80.4. The van der Waals surface area contributed by atoms with Crippen LogP contribution in [0.3, 0.4) is 0 Å². The van der Waals surface area contributed by atoms with Gasteiger partial charge in [-0.25, -0.2) is 4.98 Å². The number of hydrogen-bond acceptors (Lipinski definition) is 2. The SMILES string of the molecule is CC(C)(C)c1cccc(-c2cc(C(C)(C)C)cc3c4ccccc4c4cccc(c4)c4cc(C(C)(C)C)cc(n4)n4c5[c-]c(ccc5c5cc(-c6ccccc6)ccc54)oc4[c-]c(ccc4)n4[cH-]n(c23)-c2ccccc2-4)c1.[Pt]. The van der Waals surface area contributed by atoms with Crippen molar-refractivity contribution in [3.8, 4) is 33.6 Å². The van der Waals surface area contributed by atoms with Gasteiger partial charge >= 0.3 is 0 Å². The van der Waals surface area contributed by atoms with E-state index >= 15 is 0 Å². The van der Waals surface area contributed by atoms with Gasteiger partial charge in [0.2, 0.25) is 0 Å². The minimum Gasteiger partial charge on any atom is -0.510 e. The summed E-state index contributed by atoms with van der Waals surface area (Å²) in [6.45, 7) is 20.7. The second-order valence-electron chi connectivity index (χ2n) is 23.8. The van der Waals surface area contributed by atoms with Gasteiger partial charge in [0.1, 0.15) is 5.65 Å². The first-order valence-electron chi connectivity index (χ1n) is 26.8. The molecule has 0 saturated carbocycles. The van der Waals surface area contributed by atoms with Gasteiger partial charge in [0.05, 0.1) is 5.52 Å². The fourth-order valence-corrected chi connectivity index (χ4v) is 11.2. The maximum absolute atomic E-state index is 6.88. The molecule has 78 heavy (non-hydrogen) atoms. The molecule has 3 aromatic heterocycles. The first-order valence-corrected chi connectivity index (χ1v) is 26.8. The summed E-state index contributed by atoms with van der Waals surface area (Å²) < 4.78 is 13.8. The molecule has 13 rings (SSSR count). The zero-order chi connectivity index (χ0) is 53.0. The fourth-order valence-electron chi connectivity index (χ4n) is 11.2. The Hall–Kier alpha value is -8.11. The third-order valence-corrected chi connectivity index (χ3v) is 15.5. The van der Waals surface area contributed by atoms with E-state index in [-0.39, 0.29) is 37.3 Å². The van der Waals surface area contributed by atoms with Crippen molar-refractivity contribution >= 4 is 82.1 Å². The molecule has 9 aromatic carbocycles. The molecule has 0 N–H and O–H groups in total. The Morgan fingerprint density at radius 1 is 0.436 bits per heavy atom. The molecule has 1 aliphatic rings. The van der Waals surface area contributed by atoms with Crippen molar-refractivity contribution in [2.24, 2.45) is 0 Å². The Morgan fingerprint density at radius 3 is 1.86 bits per heavy atom. The second kappa shape index (κ2) is 19.1. The number of fused-ring (bicyclic) bond motifs is 23. The van der Waals surface area contributed by atoms with Crippen LogP contribution in [0, 0.1) is 12.1 Å². The number of nitrogens with zero attached hydrogens (tertiary/aromatic N) is 4. The maximum Gasteiger partial charge on any atom is 0.136 e. The van der Waals surface area contributed by atoms with Gasteiger partial charge in [0.25, 0.3) is 0 Å². The molecule has 1 aliphatic heterocycles. The van der Waals surface area contributed by atoms with Crippen LogP contribution >= 0.6 is 0 Å². The third-order valence-electron chi connectivity index (χ3n) is 15.5. The minimum atomic E-state index is -0.194. The topological polar surface area (TPSA) is 40.3 Å². The van der Waals surface area contributed by atoms with Crippen molar-refractivity contribution < 1.29 is 25.5 Å². The van der Waals surface area contributed by atoms with Crippen LogP contribution in [0.5, 0.6) is 0 Å². The molecule has 0 spiro atoms. The van der Waals surface area contributed by atoms with Crippen LogP contribution in [-0.4, -0.2) is 18.5 Å². The van der Waals surface area contributed by atoms with Crippen LogP contribution in [0.2, 0.25) is 0 Å². The van der Waals surface area contributed by atoms with Crippen LogP contribution in [0.1, 0.15) is 79.0 Å². The minimum absolute atomic E-state index is 0. The van der Waals surface area contributed by atoms with Gasteiger partial charge in [-0.15, -0.1) is 29.1 Å². The number of benzene rings is 9. The molecule has 0 fully saturated rings. The van der Waals surface area contributed by atoms with E-state index in [2.05, 4.69) is 282 Å². The molecular formula is C72H61N4OPt-3. The number of para-hydroxylation sites is 2. The normalized spacial score (nSPS) is 12.3. The van der Waals surface area contributed by atoms with Gasteiger partial charge in [-0.3, -0.25) is 0 Å². The summed E-state index contributed by atoms with van der Waals surface area (Å²) in [6.07, 6.45) is 2.24. The monoisotopic (exact) mass is 1190 g/mol. The molecule has 0 atom stereocenters. The Morgan fingerprint density at radius 2 is 1.09 bits per heavy atom. The molecule has 0 unspecified atom stereocenters. The summed E-state index contributed by atoms with van der Waals surface area (Å²) in [7, 11) is 0. The van der Waals surface area contributed by atoms with Gasteiger partial charge < -0.3 is 18.0 Å². The first-order chi connectivity index (χ1) is 37.0. The van der Waals surface area contributed by atoms with Crippen LogP contribution in [0.15, 0.2) is 211 Å². The van der Waals surface area contributed by atoms with E-state index in [0.29, 0.717) is 11.2 Å². The van der Waals surface area contributed by atoms with E-state index in [1.54, 1.807) is 0 Å². The summed E-state index contributed by atoms with van der Waals surface area (Å²) in [5, 5.41) is 7.73. The van der Waals surface area contributed by atoms with Gasteiger partial charge in [-0.05, 0) is 123 Å². The van der Waals surface area contributed by atoms with E-state index < -0.39 is 0 Å². The Balaban J connectivity index is 0.00000609. The molecular weight excluding hydrogens is 1130 g/mol. The summed E-state index contributed by atoms with van der Waals surface area (Å²) >= 11 is 0. The van der Waals surface area contributed by atoms with Gasteiger partial charge in [0.15, 0.2) is 0 Å². The van der Waals surface area contributed by atoms with Crippen LogP contribution in [0.25, 0.3) is 116 Å². The van der Waals surface area contributed by atoms with Gasteiger partial charge in [-0.2, -0.15) is 24.3 Å². The first kappa shape index (κ1) is 50.7. The molecule has 0 aliphatic carbocycles. The zero-order valence-electron chi connectivity index (χ0n) is 45.6. The van der Waals surface area contributed by atoms with Crippen molar-refractivity contribution in [3.05, 3.63) is 235 Å². The van der Waals surface area contributed by atoms with Gasteiger partial charge in [-0.1, -0.05) is 213 Å². The molecule has 0 saturated heterocycles. The molecule has 10 bridgehead atoms. The molecule has 0 amide bonds. The quantitative estimate of drug-likeness (QED) is 0.162. The van der Waals surface area contributed by atoms with Crippen LogP contribution in [0.4, 0.5) is 0 Å². The predicted octanol–water partition coefficient (Wildman–Crippen LogP) is 19.4. The maximum atomic E-state index is 6.88. The largest absolute Gasteiger partial charge is 0.510 e. The summed E-state index contributed by atoms with van der Waals surface area (Å²) in [5.74, 6) is 0. The number of pyridine rings is 1. The molecule has 12 aromatic rings. The van der Waals surface area contributed by atoms with E-state index in [4.69, 9.17) is 9.40 Å². The summed E-state index contributed by atoms with van der Waals surface area (Å²) in [5.41, 5.74) is 16.8. The Bertz CT molecular complexity index is 4630. The van der Waals surface area contributed by atoms with Crippen molar-refractivity contribution in [2.75, 3.05) is 0 Å². The van der Waals surface area contributed by atoms with Gasteiger partial charge in [0, 0.05) is 49.5 Å². The number of hydrogen-bond donors (Lipinski definition) is 0. The summed E-state index contributed by atoms with van der Waals surface area (Å²) in [4.78, 5) is 5.65. The van der Waals surface area contributed by atoms with E-state index in [1.165, 1.54) is 22.3 Å². The zero-order valence-corrected chi connectivity index (χ0v) is 47.9. The molecule has 0 radical (unpaired) electrons. The fraction of sp³-hybridized carbons (Fsp3) is 0.167. The third kappa shape index (κ3) is 8.98. The van der Waals surface area contributed by atoms with E-state index in [9.17, 15) is 0 Å². The number of imidazole rings is 1. The standard InChI is InChI=1S/C72H61N4O.Pt/c1-70(2,3)51-25-18-23-49(37-51)60-39-52(71(4,5)6)40-62-58-29-14-13-28-57(58)48-22-17-24-50(36-48)63-41-53(72(7,8)9)42-68(73-63)76-64-35-32-47(46-20-11-10-12-21-46)38-61(64)59-34-33-56(44-67(59)76)77-55-27-19-26-54(43-55)74-45-75(69(60)62)66-31-16-15-30-65(66)74;/h10-42,45H,1-9H3;/q-3;. The average molecular weight is 1190 g/mol. The Labute approximate surface area is 470 Å². The second-order valence-corrected chi connectivity index (χ2v) is 23.8. The predicted molar refractivity (Wildman–Crippen MR) is 324 cm³/mol. The number of aromatic nitrogens is 4. The van der Waals surface area contributed by atoms with Crippen molar-refractivity contribution in [1.29, 1.82) is 0 Å². The molecule has 388 valence electrons. The van der Waals surface area contributed by atoms with Crippen molar-refractivity contribution in [3.63, 3.8) is 0 Å². The van der Waals surface area contributed by atoms with E-state index in [0.717, 1.165) is 99.0 Å². The molecule has 6 heteroatoms. The van der Waals surface area contributed by atoms with E-state index in [1.807, 2.05) is 12.1 Å². The van der Waals surface area contributed by atoms with Crippen molar-refractivity contribution in [1.82, 2.24) is 18.5 Å². The Kier molecular flexibility index (Phi) is 12.4. The molecule has 4 heterocycles. The average Bonchev–Trinajstić information content (AvgIpc) is 4.13. The van der Waals surface area contributed by atoms with Crippen molar-refractivity contribution in [2.45, 2.75) is 78.6 Å².